The summed E-state index contributed by atoms with van der Waals surface area (Å²) in [5, 5.41) is 0. The molecule has 0 fully saturated rings. The van der Waals surface area contributed by atoms with Crippen LogP contribution < -0.4 is 11.5 Å². The third-order valence-electron chi connectivity index (χ3n) is 2.75. The molecule has 2 aromatic heterocycles. The van der Waals surface area contributed by atoms with Crippen LogP contribution in [0, 0.1) is 0 Å². The topological polar surface area (TPSA) is 162 Å². The molecule has 0 aliphatic rings. The lowest BCUT2D eigenvalue weighted by Crippen LogP contribution is -2.11. The number of ether oxygens (including phenoxy) is 1. The van der Waals surface area contributed by atoms with Crippen LogP contribution in [-0.2, 0) is 22.3 Å². The van der Waals surface area contributed by atoms with Crippen LogP contribution in [0.1, 0.15) is 12.7 Å². The molecule has 0 radical (unpaired) electrons. The van der Waals surface area contributed by atoms with Crippen LogP contribution >= 0.6 is 7.60 Å². The quantitative estimate of drug-likeness (QED) is 0.414. The lowest BCUT2D eigenvalue weighted by atomic mass is 10.4. The fourth-order valence-electron chi connectivity index (χ4n) is 1.93. The van der Waals surface area contributed by atoms with Crippen molar-refractivity contribution in [1.82, 2.24) is 19.5 Å². The second-order valence-electron chi connectivity index (χ2n) is 4.37. The van der Waals surface area contributed by atoms with Crippen molar-refractivity contribution >= 4 is 30.5 Å². The van der Waals surface area contributed by atoms with Crippen LogP contribution in [-0.4, -0.2) is 42.3 Å². The molecule has 0 aliphatic heterocycles. The Labute approximate surface area is 120 Å². The maximum atomic E-state index is 10.7. The maximum Gasteiger partial charge on any atom is 0.350 e. The fraction of sp³-hybridized carbons (Fsp3) is 0.500. The minimum absolute atomic E-state index is 0.0416. The number of imidazole rings is 1. The molecule has 0 amide bonds. The van der Waals surface area contributed by atoms with E-state index in [0.717, 1.165) is 5.82 Å². The Kier molecular flexibility index (Phi) is 4.43. The summed E-state index contributed by atoms with van der Waals surface area (Å²) in [7, 11) is -4.17. The van der Waals surface area contributed by atoms with Crippen molar-refractivity contribution in [3.8, 4) is 0 Å². The van der Waals surface area contributed by atoms with E-state index >= 15 is 0 Å². The third kappa shape index (κ3) is 3.67. The number of aryl methyl sites for hydroxylation is 1. The van der Waals surface area contributed by atoms with E-state index in [-0.39, 0.29) is 18.4 Å². The lowest BCUT2D eigenvalue weighted by Gasteiger charge is -2.09. The van der Waals surface area contributed by atoms with Gasteiger partial charge in [-0.2, -0.15) is 9.97 Å². The zero-order valence-electron chi connectivity index (χ0n) is 11.4. The van der Waals surface area contributed by atoms with E-state index in [2.05, 4.69) is 15.0 Å². The van der Waals surface area contributed by atoms with Gasteiger partial charge in [0.2, 0.25) is 5.95 Å². The molecule has 0 saturated carbocycles. The van der Waals surface area contributed by atoms with Gasteiger partial charge in [0.1, 0.15) is 12.2 Å². The Hall–Kier alpha value is -1.74. The number of nitrogens with zero attached hydrogens (tertiary/aromatic N) is 4. The summed E-state index contributed by atoms with van der Waals surface area (Å²) < 4.78 is 17.4. The van der Waals surface area contributed by atoms with Crippen LogP contribution in [0.2, 0.25) is 0 Å². The second kappa shape index (κ2) is 5.94. The molecule has 10 nitrogen and oxygen atoms in total. The van der Waals surface area contributed by atoms with E-state index in [1.807, 2.05) is 6.92 Å². The molecule has 2 rings (SSSR count). The van der Waals surface area contributed by atoms with E-state index in [4.69, 9.17) is 26.0 Å². The number of aromatic nitrogens is 4. The standard InChI is InChI=1S/C10H17N6O4P/c1-2-6-13-7-8(11)14-10(12)15-9(7)16(6)3-4-20-5-21(17,18)19/h2-5H2,1H3,(H2,17,18,19)(H4,11,12,14,15). The number of anilines is 2. The number of rotatable bonds is 6. The normalized spacial score (nSPS) is 12.1. The Morgan fingerprint density at radius 2 is 2.00 bits per heavy atom. The van der Waals surface area contributed by atoms with E-state index in [1.165, 1.54) is 0 Å². The van der Waals surface area contributed by atoms with Crippen molar-refractivity contribution in [2.24, 2.45) is 0 Å². The van der Waals surface area contributed by atoms with E-state index in [9.17, 15) is 4.57 Å². The Morgan fingerprint density at radius 3 is 2.62 bits per heavy atom. The lowest BCUT2D eigenvalue weighted by molar-refractivity contribution is 0.149. The first-order valence-corrected chi connectivity index (χ1v) is 8.02. The van der Waals surface area contributed by atoms with E-state index < -0.39 is 13.9 Å². The first kappa shape index (κ1) is 15.6. The summed E-state index contributed by atoms with van der Waals surface area (Å²) in [6.07, 6.45) is 0.00848. The van der Waals surface area contributed by atoms with Gasteiger partial charge in [-0.25, -0.2) is 4.98 Å². The average Bonchev–Trinajstić information content (AvgIpc) is 2.72. The van der Waals surface area contributed by atoms with Crippen molar-refractivity contribution in [3.05, 3.63) is 5.82 Å². The monoisotopic (exact) mass is 316 g/mol. The van der Waals surface area contributed by atoms with Crippen molar-refractivity contribution in [1.29, 1.82) is 0 Å². The Morgan fingerprint density at radius 1 is 1.29 bits per heavy atom. The molecule has 0 saturated heterocycles. The van der Waals surface area contributed by atoms with Crippen LogP contribution in [0.15, 0.2) is 0 Å². The second-order valence-corrected chi connectivity index (χ2v) is 5.96. The van der Waals surface area contributed by atoms with Crippen molar-refractivity contribution in [3.63, 3.8) is 0 Å². The number of nitrogen functional groups attached to an aromatic ring is 2. The summed E-state index contributed by atoms with van der Waals surface area (Å²) in [5.74, 6) is 0.957. The van der Waals surface area contributed by atoms with Gasteiger partial charge in [-0.1, -0.05) is 6.92 Å². The minimum atomic E-state index is -4.17. The zero-order valence-corrected chi connectivity index (χ0v) is 12.3. The van der Waals surface area contributed by atoms with Gasteiger partial charge in [-0.3, -0.25) is 4.57 Å². The van der Waals surface area contributed by atoms with E-state index in [0.29, 0.717) is 24.1 Å². The van der Waals surface area contributed by atoms with Crippen LogP contribution in [0.4, 0.5) is 11.8 Å². The van der Waals surface area contributed by atoms with Gasteiger partial charge >= 0.3 is 7.60 Å². The van der Waals surface area contributed by atoms with Gasteiger partial charge in [-0.15, -0.1) is 0 Å². The zero-order chi connectivity index (χ0) is 15.6. The highest BCUT2D eigenvalue weighted by Crippen LogP contribution is 2.33. The first-order chi connectivity index (χ1) is 9.81. The summed E-state index contributed by atoms with van der Waals surface area (Å²) in [5.41, 5.74) is 12.3. The van der Waals surface area contributed by atoms with Crippen molar-refractivity contribution in [2.75, 3.05) is 24.4 Å². The molecule has 0 aliphatic carbocycles. The molecule has 0 spiro atoms. The predicted molar refractivity (Wildman–Crippen MR) is 76.4 cm³/mol. The number of hydrogen-bond acceptors (Lipinski definition) is 7. The first-order valence-electron chi connectivity index (χ1n) is 6.22. The highest BCUT2D eigenvalue weighted by atomic mass is 31.2. The summed E-state index contributed by atoms with van der Waals surface area (Å²) in [6.45, 7) is 2.35. The van der Waals surface area contributed by atoms with Gasteiger partial charge in [0.05, 0.1) is 6.61 Å². The molecule has 2 heterocycles. The molecular formula is C10H17N6O4P. The summed E-state index contributed by atoms with van der Waals surface area (Å²) in [4.78, 5) is 29.8. The Bertz CT molecular complexity index is 696. The molecule has 2 aromatic rings. The summed E-state index contributed by atoms with van der Waals surface area (Å²) >= 11 is 0. The van der Waals surface area contributed by atoms with Crippen LogP contribution in [0.3, 0.4) is 0 Å². The van der Waals surface area contributed by atoms with Gasteiger partial charge in [0, 0.05) is 13.0 Å². The molecule has 116 valence electrons. The molecular weight excluding hydrogens is 299 g/mol. The number of nitrogens with two attached hydrogens (primary N) is 2. The predicted octanol–water partition coefficient (Wildman–Crippen LogP) is -0.295. The molecule has 6 N–H and O–H groups in total. The molecule has 21 heavy (non-hydrogen) atoms. The minimum Gasteiger partial charge on any atom is -0.382 e. The van der Waals surface area contributed by atoms with Crippen LogP contribution in [0.25, 0.3) is 11.2 Å². The van der Waals surface area contributed by atoms with Crippen molar-refractivity contribution < 1.29 is 19.1 Å². The number of hydrogen-bond donors (Lipinski definition) is 4. The van der Waals surface area contributed by atoms with Gasteiger partial charge in [0.25, 0.3) is 0 Å². The average molecular weight is 316 g/mol. The molecule has 11 heteroatoms. The molecule has 0 atom stereocenters. The molecule has 0 bridgehead atoms. The third-order valence-corrected chi connectivity index (χ3v) is 3.27. The van der Waals surface area contributed by atoms with E-state index in [1.54, 1.807) is 4.57 Å². The summed E-state index contributed by atoms with van der Waals surface area (Å²) in [6, 6.07) is 0. The van der Waals surface area contributed by atoms with Gasteiger partial charge in [-0.05, 0) is 0 Å². The molecule has 0 aromatic carbocycles. The highest BCUT2D eigenvalue weighted by molar-refractivity contribution is 7.51. The van der Waals surface area contributed by atoms with Gasteiger partial charge in [0.15, 0.2) is 17.0 Å². The SMILES string of the molecule is CCc1nc2c(N)nc(N)nc2n1CCOCP(=O)(O)O. The highest BCUT2D eigenvalue weighted by Gasteiger charge is 2.16. The number of fused-ring (bicyclic) bond motifs is 1. The molecule has 0 unspecified atom stereocenters. The fourth-order valence-corrected chi connectivity index (χ4v) is 2.30. The Balaban J connectivity index is 2.23. The van der Waals surface area contributed by atoms with Gasteiger partial charge < -0.3 is 30.6 Å². The van der Waals surface area contributed by atoms with Crippen molar-refractivity contribution in [2.45, 2.75) is 19.9 Å². The smallest absolute Gasteiger partial charge is 0.350 e. The van der Waals surface area contributed by atoms with Crippen LogP contribution in [0.5, 0.6) is 0 Å². The maximum absolute atomic E-state index is 10.7. The largest absolute Gasteiger partial charge is 0.382 e.